The van der Waals surface area contributed by atoms with Crippen molar-refractivity contribution in [3.8, 4) is 0 Å². The number of carbonyl (C=O) groups is 1. The van der Waals surface area contributed by atoms with Gasteiger partial charge in [-0.1, -0.05) is 0 Å². The van der Waals surface area contributed by atoms with Crippen molar-refractivity contribution in [2.24, 2.45) is 0 Å². The van der Waals surface area contributed by atoms with Crippen molar-refractivity contribution in [2.75, 3.05) is 13.6 Å². The molecule has 0 spiro atoms. The summed E-state index contributed by atoms with van der Waals surface area (Å²) < 4.78 is 5.80. The van der Waals surface area contributed by atoms with Crippen LogP contribution in [-0.2, 0) is 9.53 Å². The third-order valence-electron chi connectivity index (χ3n) is 2.45. The Bertz CT molecular complexity index is 217. The first-order chi connectivity index (χ1) is 6.90. The Labute approximate surface area is 91.8 Å². The number of rotatable bonds is 4. The largest absolute Gasteiger partial charge is 0.373 e. The number of carbonyl (C=O) groups excluding carboxylic acids is 1. The van der Waals surface area contributed by atoms with E-state index >= 15 is 0 Å². The highest BCUT2D eigenvalue weighted by molar-refractivity contribution is 5.77. The summed E-state index contributed by atoms with van der Waals surface area (Å²) in [5.74, 6) is 0.0372. The summed E-state index contributed by atoms with van der Waals surface area (Å²) >= 11 is 0. The number of likely N-dealkylation sites (N-methyl/N-ethyl adjacent to an activating group) is 1. The topological polar surface area (TPSA) is 50.4 Å². The van der Waals surface area contributed by atoms with Crippen molar-refractivity contribution in [1.82, 2.24) is 10.6 Å². The van der Waals surface area contributed by atoms with Gasteiger partial charge in [0.1, 0.15) is 0 Å². The molecular formula is C11H22N2O2. The monoisotopic (exact) mass is 214 g/mol. The van der Waals surface area contributed by atoms with Gasteiger partial charge in [-0.15, -0.1) is 0 Å². The van der Waals surface area contributed by atoms with Crippen LogP contribution in [0.2, 0.25) is 0 Å². The number of hydrogen-bond acceptors (Lipinski definition) is 3. The van der Waals surface area contributed by atoms with Crippen molar-refractivity contribution >= 4 is 5.91 Å². The SMILES string of the molecule is CNC(=O)CNC1CC(OC(C)(C)C)C1. The van der Waals surface area contributed by atoms with Gasteiger partial charge in [0, 0.05) is 13.1 Å². The molecule has 88 valence electrons. The molecule has 0 aromatic heterocycles. The maximum Gasteiger partial charge on any atom is 0.233 e. The van der Waals surface area contributed by atoms with Crippen molar-refractivity contribution in [3.63, 3.8) is 0 Å². The third kappa shape index (κ3) is 4.62. The zero-order chi connectivity index (χ0) is 11.5. The van der Waals surface area contributed by atoms with Gasteiger partial charge in [-0.3, -0.25) is 4.79 Å². The molecule has 1 rings (SSSR count). The summed E-state index contributed by atoms with van der Waals surface area (Å²) in [5, 5.41) is 5.78. The van der Waals surface area contributed by atoms with Crippen LogP contribution in [0.15, 0.2) is 0 Å². The first kappa shape index (κ1) is 12.5. The van der Waals surface area contributed by atoms with E-state index < -0.39 is 0 Å². The van der Waals surface area contributed by atoms with Gasteiger partial charge in [-0.2, -0.15) is 0 Å². The molecule has 0 aliphatic heterocycles. The minimum atomic E-state index is -0.0591. The maximum absolute atomic E-state index is 11.0. The molecule has 1 aliphatic carbocycles. The van der Waals surface area contributed by atoms with Crippen LogP contribution in [0.5, 0.6) is 0 Å². The highest BCUT2D eigenvalue weighted by Crippen LogP contribution is 2.27. The van der Waals surface area contributed by atoms with Crippen molar-refractivity contribution in [3.05, 3.63) is 0 Å². The average Bonchev–Trinajstić information content (AvgIpc) is 2.06. The lowest BCUT2D eigenvalue weighted by atomic mass is 9.88. The van der Waals surface area contributed by atoms with Gasteiger partial charge in [-0.25, -0.2) is 0 Å². The Morgan fingerprint density at radius 2 is 2.00 bits per heavy atom. The fraction of sp³-hybridized carbons (Fsp3) is 0.909. The molecule has 2 N–H and O–H groups in total. The average molecular weight is 214 g/mol. The quantitative estimate of drug-likeness (QED) is 0.723. The molecule has 1 saturated carbocycles. The van der Waals surface area contributed by atoms with Gasteiger partial charge in [0.15, 0.2) is 0 Å². The lowest BCUT2D eigenvalue weighted by molar-refractivity contribution is -0.121. The predicted octanol–water partition coefficient (Wildman–Crippen LogP) is 0.668. The minimum absolute atomic E-state index is 0.0372. The summed E-state index contributed by atoms with van der Waals surface area (Å²) in [6.45, 7) is 6.61. The van der Waals surface area contributed by atoms with Crippen LogP contribution < -0.4 is 10.6 Å². The summed E-state index contributed by atoms with van der Waals surface area (Å²) in [5.41, 5.74) is -0.0591. The normalized spacial score (nSPS) is 25.9. The number of amides is 1. The third-order valence-corrected chi connectivity index (χ3v) is 2.45. The van der Waals surface area contributed by atoms with Crippen LogP contribution in [0.4, 0.5) is 0 Å². The first-order valence-electron chi connectivity index (χ1n) is 5.52. The van der Waals surface area contributed by atoms with Gasteiger partial charge in [0.25, 0.3) is 0 Å². The second-order valence-electron chi connectivity index (χ2n) is 5.07. The van der Waals surface area contributed by atoms with E-state index in [-0.39, 0.29) is 11.5 Å². The van der Waals surface area contributed by atoms with E-state index in [1.165, 1.54) is 0 Å². The number of nitrogens with one attached hydrogen (secondary N) is 2. The fourth-order valence-corrected chi connectivity index (χ4v) is 1.65. The lowest BCUT2D eigenvalue weighted by Gasteiger charge is -2.39. The zero-order valence-corrected chi connectivity index (χ0v) is 10.1. The van der Waals surface area contributed by atoms with E-state index in [0.29, 0.717) is 18.7 Å². The number of hydrogen-bond donors (Lipinski definition) is 2. The molecule has 1 aliphatic rings. The van der Waals surface area contributed by atoms with E-state index in [1.807, 2.05) is 0 Å². The Morgan fingerprint density at radius 1 is 1.40 bits per heavy atom. The Hall–Kier alpha value is -0.610. The highest BCUT2D eigenvalue weighted by atomic mass is 16.5. The molecule has 4 heteroatoms. The van der Waals surface area contributed by atoms with E-state index in [0.717, 1.165) is 12.8 Å². The molecule has 15 heavy (non-hydrogen) atoms. The van der Waals surface area contributed by atoms with Crippen LogP contribution >= 0.6 is 0 Å². The highest BCUT2D eigenvalue weighted by Gasteiger charge is 2.32. The lowest BCUT2D eigenvalue weighted by Crippen LogP contribution is -2.50. The zero-order valence-electron chi connectivity index (χ0n) is 10.1. The summed E-state index contributed by atoms with van der Waals surface area (Å²) in [6.07, 6.45) is 2.37. The Morgan fingerprint density at radius 3 is 2.47 bits per heavy atom. The van der Waals surface area contributed by atoms with E-state index in [1.54, 1.807) is 7.05 Å². The van der Waals surface area contributed by atoms with Gasteiger partial charge in [-0.05, 0) is 33.6 Å². The van der Waals surface area contributed by atoms with Gasteiger partial charge < -0.3 is 15.4 Å². The van der Waals surface area contributed by atoms with Gasteiger partial charge >= 0.3 is 0 Å². The molecular weight excluding hydrogens is 192 g/mol. The molecule has 0 unspecified atom stereocenters. The number of ether oxygens (including phenoxy) is 1. The molecule has 0 saturated heterocycles. The van der Waals surface area contributed by atoms with Crippen molar-refractivity contribution in [1.29, 1.82) is 0 Å². The fourth-order valence-electron chi connectivity index (χ4n) is 1.65. The summed E-state index contributed by atoms with van der Waals surface area (Å²) in [6, 6.07) is 0.439. The Balaban J connectivity index is 2.08. The molecule has 0 aromatic carbocycles. The molecule has 1 amide bonds. The minimum Gasteiger partial charge on any atom is -0.373 e. The maximum atomic E-state index is 11.0. The Kier molecular flexibility index (Phi) is 4.11. The molecule has 0 heterocycles. The second kappa shape index (κ2) is 4.94. The molecule has 0 radical (unpaired) electrons. The van der Waals surface area contributed by atoms with E-state index in [4.69, 9.17) is 4.74 Å². The standard InChI is InChI=1S/C11H22N2O2/c1-11(2,3)15-9-5-8(6-9)13-7-10(14)12-4/h8-9,13H,5-7H2,1-4H3,(H,12,14). The predicted molar refractivity (Wildman–Crippen MR) is 59.7 cm³/mol. The van der Waals surface area contributed by atoms with E-state index in [2.05, 4.69) is 31.4 Å². The van der Waals surface area contributed by atoms with Crippen LogP contribution in [-0.4, -0.2) is 37.2 Å². The van der Waals surface area contributed by atoms with Gasteiger partial charge in [0.05, 0.1) is 18.2 Å². The van der Waals surface area contributed by atoms with Crippen LogP contribution in [0.3, 0.4) is 0 Å². The van der Waals surface area contributed by atoms with E-state index in [9.17, 15) is 4.79 Å². The molecule has 0 bridgehead atoms. The summed E-state index contributed by atoms with van der Waals surface area (Å²) in [7, 11) is 1.65. The van der Waals surface area contributed by atoms with Crippen molar-refractivity contribution < 1.29 is 9.53 Å². The van der Waals surface area contributed by atoms with Crippen LogP contribution in [0, 0.1) is 0 Å². The first-order valence-corrected chi connectivity index (χ1v) is 5.52. The second-order valence-corrected chi connectivity index (χ2v) is 5.07. The molecule has 1 fully saturated rings. The van der Waals surface area contributed by atoms with Crippen LogP contribution in [0.25, 0.3) is 0 Å². The smallest absolute Gasteiger partial charge is 0.233 e. The van der Waals surface area contributed by atoms with Crippen LogP contribution in [0.1, 0.15) is 33.6 Å². The van der Waals surface area contributed by atoms with Crippen molar-refractivity contribution in [2.45, 2.75) is 51.4 Å². The molecule has 0 atom stereocenters. The van der Waals surface area contributed by atoms with Gasteiger partial charge in [0.2, 0.25) is 5.91 Å². The molecule has 0 aromatic rings. The molecule has 4 nitrogen and oxygen atoms in total. The summed E-state index contributed by atoms with van der Waals surface area (Å²) in [4.78, 5) is 11.0.